The molecule has 0 aromatic rings. The number of alkyl halides is 2. The second-order valence-corrected chi connectivity index (χ2v) is 3.85. The molecule has 0 aliphatic carbocycles. The zero-order chi connectivity index (χ0) is 5.70. The fourth-order valence-electron chi connectivity index (χ4n) is 0.225. The van der Waals surface area contributed by atoms with Gasteiger partial charge in [-0.1, -0.05) is 45.2 Å². The van der Waals surface area contributed by atoms with Gasteiger partial charge in [-0.25, -0.2) is 0 Å². The Bertz CT molecular complexity index is 40.7. The van der Waals surface area contributed by atoms with Crippen molar-refractivity contribution < 1.29 is 4.74 Å². The third kappa shape index (κ3) is 5.29. The summed E-state index contributed by atoms with van der Waals surface area (Å²) in [5, 5.41) is 0. The molecule has 1 nitrogen and oxygen atoms in total. The second kappa shape index (κ2) is 5.55. The summed E-state index contributed by atoms with van der Waals surface area (Å²) in [4.78, 5) is 0. The summed E-state index contributed by atoms with van der Waals surface area (Å²) in [6, 6.07) is 0. The fraction of sp³-hybridized carbons (Fsp3) is 1.00. The van der Waals surface area contributed by atoms with E-state index < -0.39 is 0 Å². The molecule has 0 saturated carbocycles. The Morgan fingerprint density at radius 2 is 2.29 bits per heavy atom. The average molecular weight is 326 g/mol. The van der Waals surface area contributed by atoms with Gasteiger partial charge in [0.05, 0.1) is 6.61 Å². The van der Waals surface area contributed by atoms with Crippen LogP contribution in [0.4, 0.5) is 0 Å². The van der Waals surface area contributed by atoms with E-state index in [0.29, 0.717) is 3.92 Å². The van der Waals surface area contributed by atoms with E-state index in [-0.39, 0.29) is 0 Å². The molecule has 0 aromatic carbocycles. The number of hydrogen-bond donors (Lipinski definition) is 0. The molecule has 0 heterocycles. The standard InChI is InChI=1S/C4H8I2O/c1-7-3-4(6)2-5/h4H,2-3H2,1H3/t4-/m0/s1. The smallest absolute Gasteiger partial charge is 0.0587 e. The van der Waals surface area contributed by atoms with Crippen LogP contribution >= 0.6 is 45.2 Å². The molecule has 0 amide bonds. The maximum Gasteiger partial charge on any atom is 0.0587 e. The number of halogens is 2. The molecule has 0 radical (unpaired) electrons. The second-order valence-electron chi connectivity index (χ2n) is 1.21. The molecule has 0 saturated heterocycles. The molecule has 0 aromatic heterocycles. The average Bonchev–Trinajstić information content (AvgIpc) is 1.68. The normalized spacial score (nSPS) is 14.1. The summed E-state index contributed by atoms with van der Waals surface area (Å²) in [6.45, 7) is 0.878. The van der Waals surface area contributed by atoms with Crippen molar-refractivity contribution in [2.45, 2.75) is 3.92 Å². The number of methoxy groups -OCH3 is 1. The first-order valence-electron chi connectivity index (χ1n) is 2.00. The van der Waals surface area contributed by atoms with Crippen LogP contribution in [0, 0.1) is 0 Å². The minimum atomic E-state index is 0.684. The third-order valence-corrected chi connectivity index (χ3v) is 4.06. The first-order valence-corrected chi connectivity index (χ1v) is 4.77. The molecule has 7 heavy (non-hydrogen) atoms. The van der Waals surface area contributed by atoms with E-state index in [1.54, 1.807) is 7.11 Å². The number of ether oxygens (including phenoxy) is 1. The zero-order valence-corrected chi connectivity index (χ0v) is 8.47. The van der Waals surface area contributed by atoms with Crippen molar-refractivity contribution in [3.05, 3.63) is 0 Å². The predicted molar refractivity (Wildman–Crippen MR) is 48.6 cm³/mol. The van der Waals surface area contributed by atoms with Crippen LogP contribution in [-0.4, -0.2) is 22.1 Å². The summed E-state index contributed by atoms with van der Waals surface area (Å²) in [5.74, 6) is 0. The number of rotatable bonds is 3. The monoisotopic (exact) mass is 326 g/mol. The highest BCUT2D eigenvalue weighted by molar-refractivity contribution is 14.1. The van der Waals surface area contributed by atoms with E-state index in [4.69, 9.17) is 4.74 Å². The predicted octanol–water partition coefficient (Wildman–Crippen LogP) is 1.87. The summed E-state index contributed by atoms with van der Waals surface area (Å²) < 4.78 is 6.74. The first kappa shape index (κ1) is 8.42. The van der Waals surface area contributed by atoms with Gasteiger partial charge in [0.2, 0.25) is 0 Å². The molecule has 0 aliphatic rings. The van der Waals surface area contributed by atoms with Gasteiger partial charge in [-0.05, 0) is 0 Å². The van der Waals surface area contributed by atoms with Crippen LogP contribution in [0.1, 0.15) is 0 Å². The lowest BCUT2D eigenvalue weighted by atomic mass is 10.5. The Hall–Kier alpha value is 1.42. The molecule has 0 spiro atoms. The van der Waals surface area contributed by atoms with Crippen LogP contribution in [0.3, 0.4) is 0 Å². The van der Waals surface area contributed by atoms with Crippen LogP contribution < -0.4 is 0 Å². The minimum absolute atomic E-state index is 0.684. The largest absolute Gasteiger partial charge is 0.384 e. The van der Waals surface area contributed by atoms with E-state index in [1.807, 2.05) is 0 Å². The Labute approximate surface area is 71.5 Å². The van der Waals surface area contributed by atoms with Crippen molar-refractivity contribution in [2.75, 3.05) is 18.1 Å². The molecule has 0 fully saturated rings. The van der Waals surface area contributed by atoms with Crippen molar-refractivity contribution in [3.63, 3.8) is 0 Å². The van der Waals surface area contributed by atoms with Crippen LogP contribution in [0.5, 0.6) is 0 Å². The summed E-state index contributed by atoms with van der Waals surface area (Å²) in [5.41, 5.74) is 0. The van der Waals surface area contributed by atoms with E-state index in [0.717, 1.165) is 6.61 Å². The van der Waals surface area contributed by atoms with Crippen LogP contribution in [0.2, 0.25) is 0 Å². The maximum atomic E-state index is 4.88. The lowest BCUT2D eigenvalue weighted by molar-refractivity contribution is 0.207. The van der Waals surface area contributed by atoms with Gasteiger partial charge in [0.15, 0.2) is 0 Å². The van der Waals surface area contributed by atoms with Crippen LogP contribution in [0.25, 0.3) is 0 Å². The van der Waals surface area contributed by atoms with Gasteiger partial charge in [0, 0.05) is 15.5 Å². The Morgan fingerprint density at radius 1 is 1.71 bits per heavy atom. The quantitative estimate of drug-likeness (QED) is 0.568. The van der Waals surface area contributed by atoms with Crippen molar-refractivity contribution in [1.82, 2.24) is 0 Å². The van der Waals surface area contributed by atoms with Gasteiger partial charge in [-0.3, -0.25) is 0 Å². The number of hydrogen-bond acceptors (Lipinski definition) is 1. The van der Waals surface area contributed by atoms with Gasteiger partial charge in [0.1, 0.15) is 0 Å². The summed E-state index contributed by atoms with van der Waals surface area (Å²) in [6.07, 6.45) is 0. The summed E-state index contributed by atoms with van der Waals surface area (Å²) >= 11 is 4.72. The van der Waals surface area contributed by atoms with Crippen molar-refractivity contribution in [1.29, 1.82) is 0 Å². The maximum absolute atomic E-state index is 4.88. The molecular formula is C4H8I2O. The van der Waals surface area contributed by atoms with Crippen molar-refractivity contribution in [3.8, 4) is 0 Å². The highest BCUT2D eigenvalue weighted by Crippen LogP contribution is 2.03. The molecule has 3 heteroatoms. The third-order valence-electron chi connectivity index (χ3n) is 0.515. The van der Waals surface area contributed by atoms with E-state index in [1.165, 1.54) is 4.43 Å². The van der Waals surface area contributed by atoms with Gasteiger partial charge in [-0.2, -0.15) is 0 Å². The lowest BCUT2D eigenvalue weighted by Crippen LogP contribution is -2.06. The van der Waals surface area contributed by atoms with E-state index in [9.17, 15) is 0 Å². The van der Waals surface area contributed by atoms with Crippen molar-refractivity contribution in [2.24, 2.45) is 0 Å². The lowest BCUT2D eigenvalue weighted by Gasteiger charge is -2.00. The van der Waals surface area contributed by atoms with E-state index >= 15 is 0 Å². The zero-order valence-electron chi connectivity index (χ0n) is 4.16. The first-order chi connectivity index (χ1) is 3.31. The molecule has 1 atom stereocenters. The Balaban J connectivity index is 2.83. The minimum Gasteiger partial charge on any atom is -0.384 e. The van der Waals surface area contributed by atoms with Crippen molar-refractivity contribution >= 4 is 45.2 Å². The SMILES string of the molecule is COC[C@@H](I)CI. The van der Waals surface area contributed by atoms with Gasteiger partial charge in [0.25, 0.3) is 0 Å². The van der Waals surface area contributed by atoms with Gasteiger partial charge < -0.3 is 4.74 Å². The molecule has 0 unspecified atom stereocenters. The molecule has 0 rings (SSSR count). The topological polar surface area (TPSA) is 9.23 Å². The highest BCUT2D eigenvalue weighted by atomic mass is 127. The highest BCUT2D eigenvalue weighted by Gasteiger charge is 1.96. The Kier molecular flexibility index (Phi) is 6.68. The van der Waals surface area contributed by atoms with Gasteiger partial charge in [-0.15, -0.1) is 0 Å². The molecular weight excluding hydrogens is 318 g/mol. The summed E-state index contributed by atoms with van der Waals surface area (Å²) in [7, 11) is 1.73. The Morgan fingerprint density at radius 3 is 2.43 bits per heavy atom. The molecule has 0 N–H and O–H groups in total. The molecule has 0 aliphatic heterocycles. The molecule has 44 valence electrons. The van der Waals surface area contributed by atoms with Crippen LogP contribution in [0.15, 0.2) is 0 Å². The van der Waals surface area contributed by atoms with E-state index in [2.05, 4.69) is 45.2 Å². The fourth-order valence-corrected chi connectivity index (χ4v) is 0.839. The van der Waals surface area contributed by atoms with Gasteiger partial charge >= 0.3 is 0 Å². The molecule has 0 bridgehead atoms. The van der Waals surface area contributed by atoms with Crippen LogP contribution in [-0.2, 0) is 4.74 Å².